The van der Waals surface area contributed by atoms with Gasteiger partial charge in [0.05, 0.1) is 10.5 Å². The van der Waals surface area contributed by atoms with Crippen molar-refractivity contribution in [1.82, 2.24) is 0 Å². The fraction of sp³-hybridized carbons (Fsp3) is 0.130. The van der Waals surface area contributed by atoms with Gasteiger partial charge in [-0.25, -0.2) is 0 Å². The number of benzene rings is 2. The summed E-state index contributed by atoms with van der Waals surface area (Å²) in [4.78, 5) is 23.3. The number of furan rings is 1. The SMILES string of the molecule is CCc1ccc(NC(=O)/C(C#N)=C/c2ccc(-c3ccc(C)cc3[N+](=O)[O-])o2)cc1. The Morgan fingerprint density at radius 1 is 1.20 bits per heavy atom. The van der Waals surface area contributed by atoms with Crippen LogP contribution in [0.15, 0.2) is 64.6 Å². The second kappa shape index (κ2) is 8.88. The van der Waals surface area contributed by atoms with E-state index in [0.29, 0.717) is 11.3 Å². The molecular formula is C23H19N3O4. The van der Waals surface area contributed by atoms with E-state index < -0.39 is 10.8 Å². The van der Waals surface area contributed by atoms with Crippen molar-refractivity contribution in [2.45, 2.75) is 20.3 Å². The van der Waals surface area contributed by atoms with Gasteiger partial charge in [-0.05, 0) is 54.8 Å². The monoisotopic (exact) mass is 401 g/mol. The van der Waals surface area contributed by atoms with Crippen LogP contribution >= 0.6 is 0 Å². The molecule has 0 radical (unpaired) electrons. The van der Waals surface area contributed by atoms with Gasteiger partial charge in [0.2, 0.25) is 0 Å². The summed E-state index contributed by atoms with van der Waals surface area (Å²) in [6, 6.07) is 17.2. The van der Waals surface area contributed by atoms with Crippen LogP contribution in [-0.2, 0) is 11.2 Å². The van der Waals surface area contributed by atoms with Crippen LogP contribution in [-0.4, -0.2) is 10.8 Å². The predicted molar refractivity (Wildman–Crippen MR) is 114 cm³/mol. The zero-order chi connectivity index (χ0) is 21.7. The highest BCUT2D eigenvalue weighted by Gasteiger charge is 2.18. The Balaban J connectivity index is 1.84. The van der Waals surface area contributed by atoms with Gasteiger partial charge in [-0.1, -0.05) is 25.1 Å². The average molecular weight is 401 g/mol. The van der Waals surface area contributed by atoms with E-state index in [2.05, 4.69) is 5.32 Å². The quantitative estimate of drug-likeness (QED) is 0.262. The summed E-state index contributed by atoms with van der Waals surface area (Å²) in [5.41, 5.74) is 2.57. The number of hydrogen-bond acceptors (Lipinski definition) is 5. The standard InChI is InChI=1S/C23H19N3O4/c1-3-16-5-7-18(8-6-16)25-23(27)17(14-24)13-19-9-11-22(30-19)20-10-4-15(2)12-21(20)26(28)29/h4-13H,3H2,1-2H3,(H,25,27)/b17-13+. The molecule has 1 aromatic heterocycles. The third-order valence-electron chi connectivity index (χ3n) is 4.51. The van der Waals surface area contributed by atoms with E-state index in [-0.39, 0.29) is 22.8 Å². The van der Waals surface area contributed by atoms with Crippen LogP contribution in [0.4, 0.5) is 11.4 Å². The minimum atomic E-state index is -0.569. The number of nitriles is 1. The van der Waals surface area contributed by atoms with Crippen LogP contribution < -0.4 is 5.32 Å². The smallest absolute Gasteiger partial charge is 0.280 e. The van der Waals surface area contributed by atoms with Gasteiger partial charge < -0.3 is 9.73 Å². The molecule has 1 N–H and O–H groups in total. The van der Waals surface area contributed by atoms with Gasteiger partial charge in [0.1, 0.15) is 23.2 Å². The summed E-state index contributed by atoms with van der Waals surface area (Å²) in [5.74, 6) is -0.0466. The lowest BCUT2D eigenvalue weighted by atomic mass is 10.1. The van der Waals surface area contributed by atoms with Crippen LogP contribution in [0.1, 0.15) is 23.8 Å². The van der Waals surface area contributed by atoms with Crippen molar-refractivity contribution in [3.8, 4) is 17.4 Å². The maximum Gasteiger partial charge on any atom is 0.280 e. The molecule has 30 heavy (non-hydrogen) atoms. The number of hydrogen-bond donors (Lipinski definition) is 1. The maximum atomic E-state index is 12.4. The first-order chi connectivity index (χ1) is 14.4. The summed E-state index contributed by atoms with van der Waals surface area (Å²) in [5, 5.41) is 23.4. The number of carbonyl (C=O) groups is 1. The first-order valence-electron chi connectivity index (χ1n) is 9.28. The van der Waals surface area contributed by atoms with Crippen LogP contribution in [0.3, 0.4) is 0 Å². The number of rotatable bonds is 6. The molecule has 0 aliphatic carbocycles. The van der Waals surface area contributed by atoms with E-state index >= 15 is 0 Å². The number of nitro benzene ring substituents is 1. The summed E-state index contributed by atoms with van der Waals surface area (Å²) in [7, 11) is 0. The van der Waals surface area contributed by atoms with E-state index in [1.165, 1.54) is 12.1 Å². The van der Waals surface area contributed by atoms with E-state index in [1.807, 2.05) is 25.1 Å². The van der Waals surface area contributed by atoms with Crippen molar-refractivity contribution >= 4 is 23.4 Å². The number of carbonyl (C=O) groups excluding carboxylic acids is 1. The number of amides is 1. The number of aryl methyl sites for hydroxylation is 2. The van der Waals surface area contributed by atoms with Gasteiger partial charge in [-0.15, -0.1) is 0 Å². The van der Waals surface area contributed by atoms with E-state index in [4.69, 9.17) is 4.42 Å². The second-order valence-corrected chi connectivity index (χ2v) is 6.65. The third-order valence-corrected chi connectivity index (χ3v) is 4.51. The second-order valence-electron chi connectivity index (χ2n) is 6.65. The number of nitrogens with zero attached hydrogens (tertiary/aromatic N) is 2. The lowest BCUT2D eigenvalue weighted by Gasteiger charge is -2.05. The van der Waals surface area contributed by atoms with E-state index in [0.717, 1.165) is 17.5 Å². The number of nitrogens with one attached hydrogen (secondary N) is 1. The Hall–Kier alpha value is -4.18. The number of anilines is 1. The zero-order valence-corrected chi connectivity index (χ0v) is 16.5. The van der Waals surface area contributed by atoms with Crippen molar-refractivity contribution in [2.75, 3.05) is 5.32 Å². The predicted octanol–water partition coefficient (Wildman–Crippen LogP) is 5.27. The molecule has 3 rings (SSSR count). The molecule has 1 heterocycles. The first kappa shape index (κ1) is 20.6. The third kappa shape index (κ3) is 4.62. The first-order valence-corrected chi connectivity index (χ1v) is 9.28. The average Bonchev–Trinajstić information content (AvgIpc) is 3.20. The lowest BCUT2D eigenvalue weighted by molar-refractivity contribution is -0.384. The molecule has 7 nitrogen and oxygen atoms in total. The Morgan fingerprint density at radius 2 is 1.93 bits per heavy atom. The molecule has 0 saturated carbocycles. The minimum absolute atomic E-state index is 0.0753. The van der Waals surface area contributed by atoms with E-state index in [1.54, 1.807) is 43.3 Å². The van der Waals surface area contributed by atoms with Crippen LogP contribution in [0.25, 0.3) is 17.4 Å². The van der Waals surface area contributed by atoms with Gasteiger partial charge in [0, 0.05) is 17.8 Å². The summed E-state index contributed by atoms with van der Waals surface area (Å²) >= 11 is 0. The maximum absolute atomic E-state index is 12.4. The van der Waals surface area contributed by atoms with Crippen LogP contribution in [0, 0.1) is 28.4 Å². The van der Waals surface area contributed by atoms with Gasteiger partial charge in [0.15, 0.2) is 0 Å². The van der Waals surface area contributed by atoms with Crippen molar-refractivity contribution in [1.29, 1.82) is 5.26 Å². The fourth-order valence-corrected chi connectivity index (χ4v) is 2.89. The Labute approximate surface area is 173 Å². The van der Waals surface area contributed by atoms with Gasteiger partial charge >= 0.3 is 0 Å². The highest BCUT2D eigenvalue weighted by molar-refractivity contribution is 6.09. The summed E-state index contributed by atoms with van der Waals surface area (Å²) in [6.45, 7) is 3.80. The highest BCUT2D eigenvalue weighted by Crippen LogP contribution is 2.32. The molecule has 1 amide bonds. The number of nitro groups is 1. The van der Waals surface area contributed by atoms with Crippen molar-refractivity contribution in [3.63, 3.8) is 0 Å². The van der Waals surface area contributed by atoms with Crippen molar-refractivity contribution in [2.24, 2.45) is 0 Å². The largest absolute Gasteiger partial charge is 0.456 e. The fourth-order valence-electron chi connectivity index (χ4n) is 2.89. The lowest BCUT2D eigenvalue weighted by Crippen LogP contribution is -2.13. The summed E-state index contributed by atoms with van der Waals surface area (Å²) in [6.07, 6.45) is 2.19. The molecule has 0 aliphatic rings. The Kier molecular flexibility index (Phi) is 6.08. The Bertz CT molecular complexity index is 1170. The normalized spacial score (nSPS) is 11.0. The van der Waals surface area contributed by atoms with Gasteiger partial charge in [-0.2, -0.15) is 5.26 Å². The molecule has 150 valence electrons. The topological polar surface area (TPSA) is 109 Å². The molecular weight excluding hydrogens is 382 g/mol. The van der Waals surface area contributed by atoms with Gasteiger partial charge in [-0.3, -0.25) is 14.9 Å². The molecule has 0 bridgehead atoms. The molecule has 3 aromatic rings. The molecule has 2 aromatic carbocycles. The zero-order valence-electron chi connectivity index (χ0n) is 16.5. The Morgan fingerprint density at radius 3 is 2.57 bits per heavy atom. The molecule has 7 heteroatoms. The van der Waals surface area contributed by atoms with Crippen LogP contribution in [0.5, 0.6) is 0 Å². The van der Waals surface area contributed by atoms with Crippen molar-refractivity contribution in [3.05, 3.63) is 87.2 Å². The molecule has 0 atom stereocenters. The molecule has 0 fully saturated rings. The molecule has 0 spiro atoms. The van der Waals surface area contributed by atoms with Crippen molar-refractivity contribution < 1.29 is 14.1 Å². The molecule has 0 unspecified atom stereocenters. The minimum Gasteiger partial charge on any atom is -0.456 e. The van der Waals surface area contributed by atoms with Crippen LogP contribution in [0.2, 0.25) is 0 Å². The molecule has 0 aliphatic heterocycles. The molecule has 0 saturated heterocycles. The summed E-state index contributed by atoms with van der Waals surface area (Å²) < 4.78 is 5.65. The van der Waals surface area contributed by atoms with E-state index in [9.17, 15) is 20.2 Å². The van der Waals surface area contributed by atoms with Gasteiger partial charge in [0.25, 0.3) is 11.6 Å². The highest BCUT2D eigenvalue weighted by atomic mass is 16.6.